The van der Waals surface area contributed by atoms with Crippen LogP contribution in [0.15, 0.2) is 0 Å². The third kappa shape index (κ3) is 7.01. The molecule has 5 heteroatoms. The Labute approximate surface area is 71.0 Å². The van der Waals surface area contributed by atoms with Gasteiger partial charge in [0.05, 0.1) is 0 Å². The molecule has 0 saturated heterocycles. The maximum Gasteiger partial charge on any atom is 0.302 e. The van der Waals surface area contributed by atoms with Crippen LogP contribution in [-0.2, 0) is 14.3 Å². The summed E-state index contributed by atoms with van der Waals surface area (Å²) in [4.78, 5) is 20.6. The van der Waals surface area contributed by atoms with Gasteiger partial charge in [-0.05, 0) is 6.42 Å². The van der Waals surface area contributed by atoms with Crippen molar-refractivity contribution in [2.24, 2.45) is 11.5 Å². The molecule has 0 aromatic rings. The minimum atomic E-state index is -0.395. The summed E-state index contributed by atoms with van der Waals surface area (Å²) in [6.45, 7) is 1.45. The van der Waals surface area contributed by atoms with E-state index in [1.165, 1.54) is 6.92 Å². The molecular weight excluding hydrogens is 160 g/mol. The van der Waals surface area contributed by atoms with Gasteiger partial charge in [0.25, 0.3) is 0 Å². The van der Waals surface area contributed by atoms with E-state index in [9.17, 15) is 9.59 Å². The highest BCUT2D eigenvalue weighted by atomic mass is 16.5. The van der Waals surface area contributed by atoms with Crippen LogP contribution in [0.2, 0.25) is 0 Å². The highest BCUT2D eigenvalue weighted by Crippen LogP contribution is 1.94. The molecule has 0 fully saturated rings. The molecule has 0 heterocycles. The molecule has 70 valence electrons. The van der Waals surface area contributed by atoms with E-state index in [1.54, 1.807) is 0 Å². The topological polar surface area (TPSA) is 95.4 Å². The summed E-state index contributed by atoms with van der Waals surface area (Å²) in [5.41, 5.74) is 10.4. The molecular formula is C7H14N2O3. The second kappa shape index (κ2) is 5.54. The fourth-order valence-corrected chi connectivity index (χ4v) is 0.635. The molecule has 4 N–H and O–H groups in total. The van der Waals surface area contributed by atoms with E-state index in [1.807, 2.05) is 0 Å². The van der Waals surface area contributed by atoms with Crippen LogP contribution < -0.4 is 11.5 Å². The van der Waals surface area contributed by atoms with Crippen molar-refractivity contribution in [2.75, 3.05) is 6.61 Å². The van der Waals surface area contributed by atoms with Crippen molar-refractivity contribution in [3.05, 3.63) is 0 Å². The number of carbonyl (C=O) groups excluding carboxylic acids is 2. The Bertz CT molecular complexity index is 152. The summed E-state index contributed by atoms with van der Waals surface area (Å²) in [6, 6.07) is -0.304. The average Bonchev–Trinajstić information content (AvgIpc) is 1.96. The zero-order chi connectivity index (χ0) is 9.56. The van der Waals surface area contributed by atoms with Crippen LogP contribution in [0.25, 0.3) is 0 Å². The van der Waals surface area contributed by atoms with Crippen molar-refractivity contribution in [2.45, 2.75) is 25.8 Å². The maximum atomic E-state index is 10.3. The molecule has 0 aliphatic rings. The third-order valence-electron chi connectivity index (χ3n) is 1.26. The quantitative estimate of drug-likeness (QED) is 0.530. The Morgan fingerprint density at radius 2 is 2.08 bits per heavy atom. The van der Waals surface area contributed by atoms with Crippen molar-refractivity contribution >= 4 is 11.9 Å². The Morgan fingerprint density at radius 1 is 1.50 bits per heavy atom. The number of esters is 1. The van der Waals surface area contributed by atoms with Crippen molar-refractivity contribution in [3.8, 4) is 0 Å². The second-order valence-corrected chi connectivity index (χ2v) is 2.57. The molecule has 0 radical (unpaired) electrons. The fourth-order valence-electron chi connectivity index (χ4n) is 0.635. The lowest BCUT2D eigenvalue weighted by Crippen LogP contribution is -2.28. The Kier molecular flexibility index (Phi) is 5.03. The molecule has 0 unspecified atom stereocenters. The first-order valence-corrected chi connectivity index (χ1v) is 3.69. The van der Waals surface area contributed by atoms with E-state index in [0.717, 1.165) is 0 Å². The van der Waals surface area contributed by atoms with Crippen LogP contribution >= 0.6 is 0 Å². The molecule has 0 bridgehead atoms. The standard InChI is InChI=1S/C7H14N2O3/c1-5(10)12-4-6(8)2-3-7(9)11/h6H,2-4,8H2,1H3,(H2,9,11)/t6-/m0/s1. The van der Waals surface area contributed by atoms with E-state index in [4.69, 9.17) is 11.5 Å². The van der Waals surface area contributed by atoms with Crippen LogP contribution in [0.3, 0.4) is 0 Å². The Balaban J connectivity index is 3.39. The van der Waals surface area contributed by atoms with Crippen molar-refractivity contribution in [1.29, 1.82) is 0 Å². The number of carbonyl (C=O) groups is 2. The SMILES string of the molecule is CC(=O)OC[C@@H](N)CCC(N)=O. The minimum Gasteiger partial charge on any atom is -0.464 e. The van der Waals surface area contributed by atoms with E-state index < -0.39 is 5.91 Å². The highest BCUT2D eigenvalue weighted by Gasteiger charge is 2.05. The van der Waals surface area contributed by atoms with Gasteiger partial charge in [0, 0.05) is 19.4 Å². The largest absolute Gasteiger partial charge is 0.464 e. The van der Waals surface area contributed by atoms with E-state index in [0.29, 0.717) is 6.42 Å². The molecule has 12 heavy (non-hydrogen) atoms. The zero-order valence-electron chi connectivity index (χ0n) is 7.08. The first-order valence-electron chi connectivity index (χ1n) is 3.69. The van der Waals surface area contributed by atoms with Gasteiger partial charge in [0.2, 0.25) is 5.91 Å². The summed E-state index contributed by atoms with van der Waals surface area (Å²) in [7, 11) is 0. The first-order chi connectivity index (χ1) is 5.52. The lowest BCUT2D eigenvalue weighted by molar-refractivity contribution is -0.141. The lowest BCUT2D eigenvalue weighted by Gasteiger charge is -2.09. The van der Waals surface area contributed by atoms with Crippen molar-refractivity contribution in [3.63, 3.8) is 0 Å². The number of amides is 1. The summed E-state index contributed by atoms with van der Waals surface area (Å²) in [5, 5.41) is 0. The minimum absolute atomic E-state index is 0.141. The Hall–Kier alpha value is -1.10. The van der Waals surface area contributed by atoms with Crippen LogP contribution in [-0.4, -0.2) is 24.5 Å². The van der Waals surface area contributed by atoms with Gasteiger partial charge in [-0.3, -0.25) is 9.59 Å². The maximum absolute atomic E-state index is 10.3. The predicted octanol–water partition coefficient (Wildman–Crippen LogP) is -0.858. The van der Waals surface area contributed by atoms with Gasteiger partial charge in [-0.2, -0.15) is 0 Å². The van der Waals surface area contributed by atoms with E-state index in [2.05, 4.69) is 4.74 Å². The number of ether oxygens (including phenoxy) is 1. The van der Waals surface area contributed by atoms with Gasteiger partial charge >= 0.3 is 5.97 Å². The molecule has 0 spiro atoms. The molecule has 0 aromatic carbocycles. The van der Waals surface area contributed by atoms with Gasteiger partial charge in [-0.15, -0.1) is 0 Å². The molecule has 0 aromatic heterocycles. The number of nitrogens with two attached hydrogens (primary N) is 2. The number of hydrogen-bond acceptors (Lipinski definition) is 4. The van der Waals surface area contributed by atoms with Gasteiger partial charge in [0.15, 0.2) is 0 Å². The van der Waals surface area contributed by atoms with Gasteiger partial charge in [-0.1, -0.05) is 0 Å². The molecule has 0 aliphatic carbocycles. The fraction of sp³-hybridized carbons (Fsp3) is 0.714. The molecule has 5 nitrogen and oxygen atoms in total. The second-order valence-electron chi connectivity index (χ2n) is 2.57. The number of primary amides is 1. The predicted molar refractivity (Wildman–Crippen MR) is 43.0 cm³/mol. The molecule has 0 aliphatic heterocycles. The molecule has 0 saturated carbocycles. The van der Waals surface area contributed by atoms with Crippen molar-refractivity contribution in [1.82, 2.24) is 0 Å². The summed E-state index contributed by atoms with van der Waals surface area (Å²) in [5.74, 6) is -0.766. The normalized spacial score (nSPS) is 12.2. The number of rotatable bonds is 5. The smallest absolute Gasteiger partial charge is 0.302 e. The monoisotopic (exact) mass is 174 g/mol. The van der Waals surface area contributed by atoms with Crippen molar-refractivity contribution < 1.29 is 14.3 Å². The van der Waals surface area contributed by atoms with E-state index >= 15 is 0 Å². The van der Waals surface area contributed by atoms with Gasteiger partial charge < -0.3 is 16.2 Å². The van der Waals surface area contributed by atoms with Crippen LogP contribution in [0, 0.1) is 0 Å². The molecule has 1 amide bonds. The molecule has 1 atom stereocenters. The van der Waals surface area contributed by atoms with Crippen LogP contribution in [0.4, 0.5) is 0 Å². The summed E-state index contributed by atoms with van der Waals surface area (Å²) in [6.07, 6.45) is 0.672. The van der Waals surface area contributed by atoms with Crippen LogP contribution in [0.5, 0.6) is 0 Å². The molecule has 0 rings (SSSR count). The van der Waals surface area contributed by atoms with E-state index in [-0.39, 0.29) is 25.0 Å². The Morgan fingerprint density at radius 3 is 2.50 bits per heavy atom. The zero-order valence-corrected chi connectivity index (χ0v) is 7.08. The van der Waals surface area contributed by atoms with Gasteiger partial charge in [-0.25, -0.2) is 0 Å². The lowest BCUT2D eigenvalue weighted by atomic mass is 10.2. The number of hydrogen-bond donors (Lipinski definition) is 2. The summed E-state index contributed by atoms with van der Waals surface area (Å²) >= 11 is 0. The first kappa shape index (κ1) is 10.9. The van der Waals surface area contributed by atoms with Gasteiger partial charge in [0.1, 0.15) is 6.61 Å². The highest BCUT2D eigenvalue weighted by molar-refractivity contribution is 5.73. The third-order valence-corrected chi connectivity index (χ3v) is 1.26. The van der Waals surface area contributed by atoms with Crippen LogP contribution in [0.1, 0.15) is 19.8 Å². The summed E-state index contributed by atoms with van der Waals surface area (Å²) < 4.78 is 4.62. The average molecular weight is 174 g/mol.